The van der Waals surface area contributed by atoms with Gasteiger partial charge in [0.2, 0.25) is 11.8 Å². The van der Waals surface area contributed by atoms with Gasteiger partial charge in [-0.05, 0) is 36.0 Å². The number of anilines is 2. The molecule has 0 bridgehead atoms. The largest absolute Gasteiger partial charge is 0.360 e. The molecule has 0 saturated heterocycles. The Morgan fingerprint density at radius 2 is 1.84 bits per heavy atom. The van der Waals surface area contributed by atoms with Crippen molar-refractivity contribution in [2.75, 3.05) is 30.8 Å². The smallest absolute Gasteiger partial charge is 0.239 e. The minimum atomic E-state index is -0.901. The maximum atomic E-state index is 13.7. The van der Waals surface area contributed by atoms with Gasteiger partial charge in [0.25, 0.3) is 0 Å². The Hall–Kier alpha value is -2.33. The van der Waals surface area contributed by atoms with Gasteiger partial charge in [-0.15, -0.1) is 0 Å². The van der Waals surface area contributed by atoms with Crippen LogP contribution in [0.25, 0.3) is 0 Å². The van der Waals surface area contributed by atoms with E-state index in [1.165, 1.54) is 4.90 Å². The van der Waals surface area contributed by atoms with Gasteiger partial charge in [-0.2, -0.15) is 0 Å². The van der Waals surface area contributed by atoms with Gasteiger partial charge in [-0.3, -0.25) is 14.5 Å². The van der Waals surface area contributed by atoms with Gasteiger partial charge in [0.15, 0.2) is 11.6 Å². The number of likely N-dealkylation sites (N-methyl/N-ethyl adjacent to an activating group) is 1. The van der Waals surface area contributed by atoms with Gasteiger partial charge in [0, 0.05) is 16.6 Å². The van der Waals surface area contributed by atoms with E-state index in [2.05, 4.69) is 31.7 Å². The Bertz CT molecular complexity index is 774. The maximum Gasteiger partial charge on any atom is 0.239 e. The zero-order valence-corrected chi connectivity index (χ0v) is 15.0. The van der Waals surface area contributed by atoms with Crippen LogP contribution < -0.4 is 10.6 Å². The first kappa shape index (κ1) is 19.0. The molecule has 7 nitrogen and oxygen atoms in total. The van der Waals surface area contributed by atoms with Crippen molar-refractivity contribution in [1.29, 1.82) is 0 Å². The molecule has 0 aliphatic rings. The highest BCUT2D eigenvalue weighted by molar-refractivity contribution is 9.10. The zero-order valence-electron chi connectivity index (χ0n) is 13.4. The van der Waals surface area contributed by atoms with Crippen LogP contribution in [0.4, 0.5) is 20.3 Å². The van der Waals surface area contributed by atoms with Crippen LogP contribution in [0.1, 0.15) is 5.76 Å². The molecule has 0 unspecified atom stereocenters. The summed E-state index contributed by atoms with van der Waals surface area (Å²) in [7, 11) is 1.54. The van der Waals surface area contributed by atoms with Crippen molar-refractivity contribution in [2.24, 2.45) is 0 Å². The van der Waals surface area contributed by atoms with Crippen molar-refractivity contribution in [3.05, 3.63) is 40.1 Å². The van der Waals surface area contributed by atoms with E-state index in [-0.39, 0.29) is 29.1 Å². The molecule has 0 fully saturated rings. The number of carbonyl (C=O) groups is 2. The molecule has 25 heavy (non-hydrogen) atoms. The molecule has 0 atom stereocenters. The van der Waals surface area contributed by atoms with Gasteiger partial charge in [-0.25, -0.2) is 8.78 Å². The quantitative estimate of drug-likeness (QED) is 0.755. The molecule has 1 heterocycles. The highest BCUT2D eigenvalue weighted by Crippen LogP contribution is 2.26. The summed E-state index contributed by atoms with van der Waals surface area (Å²) in [6.07, 6.45) is 0. The van der Waals surface area contributed by atoms with E-state index in [0.717, 1.165) is 6.07 Å². The van der Waals surface area contributed by atoms with Gasteiger partial charge in [-0.1, -0.05) is 5.16 Å². The number of hydrogen-bond donors (Lipinski definition) is 2. The van der Waals surface area contributed by atoms with E-state index in [1.54, 1.807) is 20.0 Å². The van der Waals surface area contributed by atoms with E-state index in [9.17, 15) is 18.4 Å². The van der Waals surface area contributed by atoms with E-state index in [1.807, 2.05) is 0 Å². The van der Waals surface area contributed by atoms with E-state index in [4.69, 9.17) is 4.52 Å². The lowest BCUT2D eigenvalue weighted by atomic mass is 10.3. The molecule has 0 aliphatic carbocycles. The second-order valence-electron chi connectivity index (χ2n) is 5.34. The summed E-state index contributed by atoms with van der Waals surface area (Å²) in [5.74, 6) is -1.79. The second kappa shape index (κ2) is 8.17. The fourth-order valence-corrected chi connectivity index (χ4v) is 2.50. The number of aryl methyl sites for hydroxylation is 1. The molecule has 0 spiro atoms. The number of hydrogen-bond acceptors (Lipinski definition) is 5. The number of nitrogens with zero attached hydrogens (tertiary/aromatic N) is 2. The molecule has 2 aromatic rings. The van der Waals surface area contributed by atoms with Crippen LogP contribution in [0.15, 0.2) is 27.2 Å². The zero-order chi connectivity index (χ0) is 18.6. The predicted octanol–water partition coefficient (Wildman–Crippen LogP) is 2.53. The van der Waals surface area contributed by atoms with E-state index >= 15 is 0 Å². The van der Waals surface area contributed by atoms with Gasteiger partial charge < -0.3 is 15.2 Å². The van der Waals surface area contributed by atoms with Crippen LogP contribution in [-0.4, -0.2) is 42.0 Å². The lowest BCUT2D eigenvalue weighted by Gasteiger charge is -2.16. The fraction of sp³-hybridized carbons (Fsp3) is 0.267. The molecular weight excluding hydrogens is 402 g/mol. The van der Waals surface area contributed by atoms with Crippen molar-refractivity contribution in [3.8, 4) is 0 Å². The van der Waals surface area contributed by atoms with Crippen LogP contribution in [0, 0.1) is 18.6 Å². The average Bonchev–Trinajstić information content (AvgIpc) is 2.87. The third-order valence-electron chi connectivity index (χ3n) is 2.99. The summed E-state index contributed by atoms with van der Waals surface area (Å²) < 4.78 is 31.6. The van der Waals surface area contributed by atoms with Crippen molar-refractivity contribution >= 4 is 39.2 Å². The molecule has 134 valence electrons. The number of halogens is 3. The minimum absolute atomic E-state index is 0.0835. The molecule has 1 aromatic heterocycles. The van der Waals surface area contributed by atoms with Crippen LogP contribution in [-0.2, 0) is 9.59 Å². The molecule has 1 aromatic carbocycles. The normalized spacial score (nSPS) is 10.8. The summed E-state index contributed by atoms with van der Waals surface area (Å²) >= 11 is 2.98. The first-order chi connectivity index (χ1) is 11.7. The molecular formula is C15H15BrF2N4O3. The summed E-state index contributed by atoms with van der Waals surface area (Å²) in [4.78, 5) is 25.2. The first-order valence-electron chi connectivity index (χ1n) is 7.10. The lowest BCUT2D eigenvalue weighted by molar-refractivity contribution is -0.119. The highest BCUT2D eigenvalue weighted by atomic mass is 79.9. The Morgan fingerprint density at radius 1 is 1.20 bits per heavy atom. The number of nitrogens with one attached hydrogen (secondary N) is 2. The molecule has 0 radical (unpaired) electrons. The molecule has 2 rings (SSSR count). The van der Waals surface area contributed by atoms with Gasteiger partial charge in [0.1, 0.15) is 11.6 Å². The summed E-state index contributed by atoms with van der Waals surface area (Å²) in [5.41, 5.74) is -0.165. The Morgan fingerprint density at radius 3 is 2.40 bits per heavy atom. The monoisotopic (exact) mass is 416 g/mol. The number of aromatic nitrogens is 1. The highest BCUT2D eigenvalue weighted by Gasteiger charge is 2.16. The average molecular weight is 417 g/mol. The third-order valence-corrected chi connectivity index (χ3v) is 3.62. The standard InChI is InChI=1S/C15H15BrF2N4O3/c1-8-3-12(21-25-8)19-13(23)6-22(2)7-14(24)20-15-10(16)4-9(17)5-11(15)18/h3-5H,6-7H2,1-2H3,(H,20,24)(H,19,21,23). The number of amides is 2. The van der Waals surface area contributed by atoms with Crippen LogP contribution in [0.3, 0.4) is 0 Å². The van der Waals surface area contributed by atoms with E-state index < -0.39 is 23.4 Å². The van der Waals surface area contributed by atoms with Crippen LogP contribution in [0.2, 0.25) is 0 Å². The maximum absolute atomic E-state index is 13.7. The van der Waals surface area contributed by atoms with E-state index in [0.29, 0.717) is 11.8 Å². The summed E-state index contributed by atoms with van der Waals surface area (Å²) in [5, 5.41) is 8.47. The second-order valence-corrected chi connectivity index (χ2v) is 6.19. The lowest BCUT2D eigenvalue weighted by Crippen LogP contribution is -2.36. The van der Waals surface area contributed by atoms with Gasteiger partial charge in [0.05, 0.1) is 18.8 Å². The molecule has 0 aliphatic heterocycles. The van der Waals surface area contributed by atoms with Gasteiger partial charge >= 0.3 is 0 Å². The SMILES string of the molecule is Cc1cc(NC(=O)CN(C)CC(=O)Nc2c(F)cc(F)cc2Br)no1. The Balaban J connectivity index is 1.86. The first-order valence-corrected chi connectivity index (χ1v) is 7.90. The molecule has 2 amide bonds. The summed E-state index contributed by atoms with van der Waals surface area (Å²) in [6, 6.07) is 3.26. The van der Waals surface area contributed by atoms with Crippen molar-refractivity contribution in [1.82, 2.24) is 10.1 Å². The predicted molar refractivity (Wildman–Crippen MR) is 90.1 cm³/mol. The molecule has 2 N–H and O–H groups in total. The fourth-order valence-electron chi connectivity index (χ4n) is 1.99. The summed E-state index contributed by atoms with van der Waals surface area (Å²) in [6.45, 7) is 1.42. The number of rotatable bonds is 6. The van der Waals surface area contributed by atoms with Crippen LogP contribution >= 0.6 is 15.9 Å². The Labute approximate surface area is 150 Å². The molecule has 10 heteroatoms. The Kier molecular flexibility index (Phi) is 6.21. The van der Waals surface area contributed by atoms with Crippen LogP contribution in [0.5, 0.6) is 0 Å². The third kappa shape index (κ3) is 5.61. The number of benzene rings is 1. The number of carbonyl (C=O) groups excluding carboxylic acids is 2. The van der Waals surface area contributed by atoms with Crippen molar-refractivity contribution in [2.45, 2.75) is 6.92 Å². The topological polar surface area (TPSA) is 87.5 Å². The molecule has 0 saturated carbocycles. The van der Waals surface area contributed by atoms with Crippen molar-refractivity contribution in [3.63, 3.8) is 0 Å². The van der Waals surface area contributed by atoms with Crippen molar-refractivity contribution < 1.29 is 22.9 Å². The minimum Gasteiger partial charge on any atom is -0.360 e.